The summed E-state index contributed by atoms with van der Waals surface area (Å²) in [5.74, 6) is 1.93. The van der Waals surface area contributed by atoms with Gasteiger partial charge in [-0.2, -0.15) is 0 Å². The molecule has 0 aliphatic carbocycles. The summed E-state index contributed by atoms with van der Waals surface area (Å²) in [6, 6.07) is 40.1. The fourth-order valence-electron chi connectivity index (χ4n) is 6.43. The SMILES string of the molecule is CCSNc1c(OCc2ccccc2)cccc1[C@@H](CNC(C)(C)Cc1cccc(CC(=O)NCc2cccc(-c3ccc(O)cc3)c2)c1)O[Si](C)(C)C(C)(C)C. The monoisotopic (exact) mass is 803 g/mol. The Morgan fingerprint density at radius 3 is 2.16 bits per heavy atom. The molecule has 4 N–H and O–H groups in total. The van der Waals surface area contributed by atoms with Gasteiger partial charge in [0.2, 0.25) is 5.91 Å². The first kappa shape index (κ1) is 43.6. The van der Waals surface area contributed by atoms with E-state index in [1.807, 2.05) is 66.7 Å². The van der Waals surface area contributed by atoms with E-state index in [-0.39, 0.29) is 28.3 Å². The fourth-order valence-corrected chi connectivity index (χ4v) is 8.21. The van der Waals surface area contributed by atoms with E-state index in [1.54, 1.807) is 24.1 Å². The molecule has 0 fully saturated rings. The van der Waals surface area contributed by atoms with Crippen LogP contribution in [0.5, 0.6) is 11.5 Å². The molecule has 1 amide bonds. The Bertz CT molecular complexity index is 2050. The lowest BCUT2D eigenvalue weighted by atomic mass is 9.93. The molecule has 57 heavy (non-hydrogen) atoms. The van der Waals surface area contributed by atoms with Gasteiger partial charge in [0.25, 0.3) is 0 Å². The maximum absolute atomic E-state index is 13.1. The van der Waals surface area contributed by atoms with Crippen LogP contribution in [-0.4, -0.2) is 37.2 Å². The third kappa shape index (κ3) is 13.0. The lowest BCUT2D eigenvalue weighted by Gasteiger charge is -2.41. The number of rotatable bonds is 19. The maximum Gasteiger partial charge on any atom is 0.224 e. The second kappa shape index (κ2) is 19.7. The number of phenolic OH excluding ortho intramolecular Hbond substituents is 1. The van der Waals surface area contributed by atoms with Crippen molar-refractivity contribution in [3.05, 3.63) is 149 Å². The molecule has 302 valence electrons. The van der Waals surface area contributed by atoms with E-state index in [9.17, 15) is 9.90 Å². The van der Waals surface area contributed by atoms with Crippen molar-refractivity contribution in [1.29, 1.82) is 0 Å². The van der Waals surface area contributed by atoms with Gasteiger partial charge in [-0.25, -0.2) is 0 Å². The Morgan fingerprint density at radius 1 is 0.772 bits per heavy atom. The number of carbonyl (C=O) groups excluding carboxylic acids is 1. The van der Waals surface area contributed by atoms with Gasteiger partial charge >= 0.3 is 0 Å². The maximum atomic E-state index is 13.1. The molecule has 5 aromatic carbocycles. The topological polar surface area (TPSA) is 91.9 Å². The van der Waals surface area contributed by atoms with Crippen molar-refractivity contribution < 1.29 is 19.1 Å². The molecule has 0 heterocycles. The van der Waals surface area contributed by atoms with Crippen molar-refractivity contribution in [2.45, 2.75) is 97.3 Å². The third-order valence-electron chi connectivity index (χ3n) is 10.6. The average molecular weight is 804 g/mol. The molecule has 7 nitrogen and oxygen atoms in total. The number of aromatic hydroxyl groups is 1. The van der Waals surface area contributed by atoms with E-state index in [1.165, 1.54) is 5.56 Å². The molecule has 0 bridgehead atoms. The van der Waals surface area contributed by atoms with Crippen LogP contribution in [0.15, 0.2) is 121 Å². The number of hydrogen-bond donors (Lipinski definition) is 4. The molecule has 0 aliphatic rings. The van der Waals surface area contributed by atoms with Crippen molar-refractivity contribution in [2.75, 3.05) is 17.0 Å². The lowest BCUT2D eigenvalue weighted by molar-refractivity contribution is -0.120. The second-order valence-corrected chi connectivity index (χ2v) is 22.7. The summed E-state index contributed by atoms with van der Waals surface area (Å²) in [6.07, 6.45) is 0.856. The van der Waals surface area contributed by atoms with Crippen LogP contribution in [0.3, 0.4) is 0 Å². The summed E-state index contributed by atoms with van der Waals surface area (Å²) < 4.78 is 17.3. The number of hydrogen-bond acceptors (Lipinski definition) is 7. The van der Waals surface area contributed by atoms with Crippen LogP contribution in [0.4, 0.5) is 5.69 Å². The van der Waals surface area contributed by atoms with Gasteiger partial charge in [-0.15, -0.1) is 0 Å². The standard InChI is InChI=1S/C48H61N3O4SSi/c1-9-56-51-46-42(22-15-23-43(46)54-34-35-16-11-10-12-17-35)44(55-57(7,8)47(2,3)4)33-50-48(5,6)31-37-19-13-18-36(28-37)30-45(53)49-32-38-20-14-21-40(29-38)39-24-26-41(52)27-25-39/h10-29,44,50-52H,9,30-34H2,1-8H3,(H,49,53)/t44-/m1/s1. The van der Waals surface area contributed by atoms with Crippen molar-refractivity contribution in [2.24, 2.45) is 0 Å². The second-order valence-electron chi connectivity index (χ2n) is 16.9. The molecule has 0 saturated heterocycles. The van der Waals surface area contributed by atoms with E-state index in [0.29, 0.717) is 26.1 Å². The minimum atomic E-state index is -2.20. The van der Waals surface area contributed by atoms with E-state index in [4.69, 9.17) is 9.16 Å². The fraction of sp³-hybridized carbons (Fsp3) is 0.354. The summed E-state index contributed by atoms with van der Waals surface area (Å²) in [5, 5.41) is 16.7. The Kier molecular flexibility index (Phi) is 15.1. The Morgan fingerprint density at radius 2 is 1.44 bits per heavy atom. The molecule has 0 aliphatic heterocycles. The first-order valence-electron chi connectivity index (χ1n) is 20.0. The first-order valence-corrected chi connectivity index (χ1v) is 23.8. The van der Waals surface area contributed by atoms with Gasteiger partial charge in [-0.1, -0.05) is 137 Å². The largest absolute Gasteiger partial charge is 0.508 e. The highest BCUT2D eigenvalue weighted by Gasteiger charge is 2.40. The minimum Gasteiger partial charge on any atom is -0.508 e. The molecule has 0 saturated carbocycles. The number of benzene rings is 5. The van der Waals surface area contributed by atoms with Gasteiger partial charge in [0.1, 0.15) is 18.1 Å². The van der Waals surface area contributed by atoms with Crippen LogP contribution in [-0.2, 0) is 35.2 Å². The van der Waals surface area contributed by atoms with Crippen LogP contribution in [0.25, 0.3) is 11.1 Å². The van der Waals surface area contributed by atoms with Gasteiger partial charge in [0, 0.05) is 29.9 Å². The van der Waals surface area contributed by atoms with Crippen LogP contribution in [0, 0.1) is 0 Å². The van der Waals surface area contributed by atoms with E-state index in [2.05, 4.69) is 112 Å². The Hall–Kier alpha value is -4.54. The Labute approximate surface area is 346 Å². The number of phenols is 1. The van der Waals surface area contributed by atoms with Gasteiger partial charge in [-0.3, -0.25) is 4.79 Å². The number of carbonyl (C=O) groups is 1. The average Bonchev–Trinajstić information content (AvgIpc) is 3.17. The minimum absolute atomic E-state index is 0.0224. The zero-order chi connectivity index (χ0) is 41.1. The van der Waals surface area contributed by atoms with E-state index >= 15 is 0 Å². The summed E-state index contributed by atoms with van der Waals surface area (Å²) in [5.41, 5.74) is 8.10. The molecular weight excluding hydrogens is 743 g/mol. The zero-order valence-corrected chi connectivity index (χ0v) is 36.8. The summed E-state index contributed by atoms with van der Waals surface area (Å²) in [7, 11) is -2.20. The summed E-state index contributed by atoms with van der Waals surface area (Å²) in [4.78, 5) is 13.1. The van der Waals surface area contributed by atoms with Gasteiger partial charge in [0.05, 0.1) is 18.2 Å². The zero-order valence-electron chi connectivity index (χ0n) is 34.9. The summed E-state index contributed by atoms with van der Waals surface area (Å²) in [6.45, 7) is 19.6. The molecule has 0 aromatic heterocycles. The van der Waals surface area contributed by atoms with E-state index in [0.717, 1.165) is 57.0 Å². The quantitative estimate of drug-likeness (QED) is 0.0488. The van der Waals surface area contributed by atoms with Crippen LogP contribution in [0.2, 0.25) is 18.1 Å². The number of amides is 1. The van der Waals surface area contributed by atoms with E-state index < -0.39 is 8.32 Å². The molecule has 1 atom stereocenters. The predicted octanol–water partition coefficient (Wildman–Crippen LogP) is 11.3. The highest BCUT2D eigenvalue weighted by Crippen LogP contribution is 2.43. The highest BCUT2D eigenvalue weighted by molar-refractivity contribution is 8.00. The van der Waals surface area contributed by atoms with Crippen molar-refractivity contribution in [3.63, 3.8) is 0 Å². The highest BCUT2D eigenvalue weighted by atomic mass is 32.2. The molecule has 5 aromatic rings. The molecule has 0 spiro atoms. The predicted molar refractivity (Wildman–Crippen MR) is 241 cm³/mol. The van der Waals surface area contributed by atoms with Crippen molar-refractivity contribution in [1.82, 2.24) is 10.6 Å². The molecular formula is C48H61N3O4SSi. The van der Waals surface area contributed by atoms with Gasteiger partial charge in [0.15, 0.2) is 8.32 Å². The van der Waals surface area contributed by atoms with Crippen LogP contribution in [0.1, 0.15) is 75.5 Å². The van der Waals surface area contributed by atoms with Crippen LogP contribution >= 0.6 is 11.9 Å². The lowest BCUT2D eigenvalue weighted by Crippen LogP contribution is -2.47. The third-order valence-corrected chi connectivity index (χ3v) is 15.7. The molecule has 0 unspecified atom stereocenters. The first-order chi connectivity index (χ1) is 27.1. The number of anilines is 1. The smallest absolute Gasteiger partial charge is 0.224 e. The van der Waals surface area contributed by atoms with Gasteiger partial charge in [-0.05, 0) is 96.0 Å². The number of ether oxygens (including phenoxy) is 1. The number of nitrogens with one attached hydrogen (secondary N) is 3. The number of para-hydroxylation sites is 1. The van der Waals surface area contributed by atoms with Crippen LogP contribution < -0.4 is 20.1 Å². The van der Waals surface area contributed by atoms with Crippen molar-refractivity contribution >= 4 is 31.9 Å². The normalized spacial score (nSPS) is 12.6. The van der Waals surface area contributed by atoms with Gasteiger partial charge < -0.3 is 29.6 Å². The molecule has 0 radical (unpaired) electrons. The summed E-state index contributed by atoms with van der Waals surface area (Å²) >= 11 is 1.65. The van der Waals surface area contributed by atoms with Crippen molar-refractivity contribution in [3.8, 4) is 22.6 Å². The molecule has 9 heteroatoms. The Balaban J connectivity index is 1.27. The molecule has 5 rings (SSSR count).